The highest BCUT2D eigenvalue weighted by molar-refractivity contribution is 7.98. The molecule has 9 nitrogen and oxygen atoms in total. The zero-order valence-electron chi connectivity index (χ0n) is 18.3. The molecule has 3 amide bonds. The van der Waals surface area contributed by atoms with E-state index in [1.807, 2.05) is 18.6 Å². The van der Waals surface area contributed by atoms with Gasteiger partial charge in [-0.2, -0.15) is 23.5 Å². The molecule has 3 atom stereocenters. The lowest BCUT2D eigenvalue weighted by Gasteiger charge is -2.24. The molecule has 0 bridgehead atoms. The van der Waals surface area contributed by atoms with E-state index in [2.05, 4.69) is 16.0 Å². The van der Waals surface area contributed by atoms with E-state index in [-0.39, 0.29) is 6.42 Å². The second kappa shape index (κ2) is 15.5. The Kier molecular flexibility index (Phi) is 13.5. The maximum atomic E-state index is 13.0. The molecule has 11 heteroatoms. The third-order valence-electron chi connectivity index (χ3n) is 4.54. The van der Waals surface area contributed by atoms with Gasteiger partial charge in [-0.25, -0.2) is 0 Å². The average molecular weight is 485 g/mol. The molecule has 1 rings (SSSR count). The second-order valence-electron chi connectivity index (χ2n) is 7.09. The summed E-state index contributed by atoms with van der Waals surface area (Å²) in [5.74, 6) is -1.40. The van der Waals surface area contributed by atoms with Crippen molar-refractivity contribution < 1.29 is 24.3 Å². The number of benzene rings is 1. The number of nitrogens with two attached hydrogens (primary N) is 1. The van der Waals surface area contributed by atoms with Crippen molar-refractivity contribution in [3.63, 3.8) is 0 Å². The van der Waals surface area contributed by atoms with E-state index in [1.54, 1.807) is 36.0 Å². The molecule has 1 aromatic rings. The molecule has 0 saturated heterocycles. The SMILES string of the molecule is CSCCC(N)C(=O)NC(CCSC)C(=O)NC(Cc1ccccc1)C(=O)NCC(=O)O. The van der Waals surface area contributed by atoms with E-state index in [9.17, 15) is 19.2 Å². The van der Waals surface area contributed by atoms with Gasteiger partial charge in [0.15, 0.2) is 0 Å². The minimum absolute atomic E-state index is 0.175. The molecule has 3 unspecified atom stereocenters. The molecule has 6 N–H and O–H groups in total. The second-order valence-corrected chi connectivity index (χ2v) is 9.06. The first-order chi connectivity index (χ1) is 15.3. The predicted octanol–water partition coefficient (Wildman–Crippen LogP) is 0.233. The lowest BCUT2D eigenvalue weighted by atomic mass is 10.0. The van der Waals surface area contributed by atoms with Gasteiger partial charge in [0.2, 0.25) is 17.7 Å². The fourth-order valence-electron chi connectivity index (χ4n) is 2.78. The van der Waals surface area contributed by atoms with E-state index in [0.717, 1.165) is 11.3 Å². The summed E-state index contributed by atoms with van der Waals surface area (Å²) in [6.07, 6.45) is 4.83. The summed E-state index contributed by atoms with van der Waals surface area (Å²) in [7, 11) is 0. The Morgan fingerprint density at radius 2 is 1.50 bits per heavy atom. The minimum Gasteiger partial charge on any atom is -0.480 e. The van der Waals surface area contributed by atoms with Crippen LogP contribution in [0.2, 0.25) is 0 Å². The Bertz CT molecular complexity index is 751. The third kappa shape index (κ3) is 10.9. The number of amides is 3. The van der Waals surface area contributed by atoms with Crippen molar-refractivity contribution in [3.05, 3.63) is 35.9 Å². The first kappa shape index (κ1) is 27.8. The van der Waals surface area contributed by atoms with Gasteiger partial charge in [0.1, 0.15) is 18.6 Å². The number of carbonyl (C=O) groups is 4. The van der Waals surface area contributed by atoms with Gasteiger partial charge in [0.25, 0.3) is 0 Å². The molecule has 0 fully saturated rings. The topological polar surface area (TPSA) is 151 Å². The van der Waals surface area contributed by atoms with Crippen molar-refractivity contribution in [1.29, 1.82) is 0 Å². The Morgan fingerprint density at radius 1 is 0.906 bits per heavy atom. The monoisotopic (exact) mass is 484 g/mol. The van der Waals surface area contributed by atoms with Crippen molar-refractivity contribution in [2.24, 2.45) is 5.73 Å². The zero-order chi connectivity index (χ0) is 23.9. The molecule has 0 saturated carbocycles. The van der Waals surface area contributed by atoms with E-state index < -0.39 is 48.4 Å². The molecule has 0 aromatic heterocycles. The van der Waals surface area contributed by atoms with Gasteiger partial charge in [0.05, 0.1) is 6.04 Å². The van der Waals surface area contributed by atoms with Gasteiger partial charge in [-0.15, -0.1) is 0 Å². The van der Waals surface area contributed by atoms with Gasteiger partial charge in [-0.05, 0) is 42.4 Å². The number of carbonyl (C=O) groups excluding carboxylic acids is 3. The maximum absolute atomic E-state index is 13.0. The van der Waals surface area contributed by atoms with Crippen LogP contribution < -0.4 is 21.7 Å². The fourth-order valence-corrected chi connectivity index (χ4v) is 3.74. The van der Waals surface area contributed by atoms with Gasteiger partial charge in [-0.3, -0.25) is 19.2 Å². The molecule has 32 heavy (non-hydrogen) atoms. The molecular weight excluding hydrogens is 452 g/mol. The number of thioether (sulfide) groups is 2. The summed E-state index contributed by atoms with van der Waals surface area (Å²) in [6, 6.07) is 6.47. The number of rotatable bonds is 15. The van der Waals surface area contributed by atoms with Crippen LogP contribution in [0.15, 0.2) is 30.3 Å². The maximum Gasteiger partial charge on any atom is 0.322 e. The van der Waals surface area contributed by atoms with Crippen LogP contribution >= 0.6 is 23.5 Å². The Morgan fingerprint density at radius 3 is 2.09 bits per heavy atom. The average Bonchev–Trinajstić information content (AvgIpc) is 2.78. The Labute approximate surface area is 197 Å². The number of hydrogen-bond acceptors (Lipinski definition) is 7. The highest BCUT2D eigenvalue weighted by Crippen LogP contribution is 2.07. The van der Waals surface area contributed by atoms with Crippen molar-refractivity contribution >= 4 is 47.2 Å². The zero-order valence-corrected chi connectivity index (χ0v) is 20.0. The summed E-state index contributed by atoms with van der Waals surface area (Å²) in [6.45, 7) is -0.559. The summed E-state index contributed by atoms with van der Waals surface area (Å²) in [4.78, 5) is 48.8. The van der Waals surface area contributed by atoms with Crippen molar-refractivity contribution in [1.82, 2.24) is 16.0 Å². The van der Waals surface area contributed by atoms with E-state index >= 15 is 0 Å². The van der Waals surface area contributed by atoms with Crippen LogP contribution in [-0.4, -0.2) is 77.5 Å². The lowest BCUT2D eigenvalue weighted by Crippen LogP contribution is -2.56. The summed E-state index contributed by atoms with van der Waals surface area (Å²) < 4.78 is 0. The highest BCUT2D eigenvalue weighted by atomic mass is 32.2. The fraction of sp³-hybridized carbons (Fsp3) is 0.524. The van der Waals surface area contributed by atoms with Gasteiger partial charge >= 0.3 is 5.97 Å². The van der Waals surface area contributed by atoms with Gasteiger partial charge < -0.3 is 26.8 Å². The van der Waals surface area contributed by atoms with Crippen LogP contribution in [0.1, 0.15) is 18.4 Å². The van der Waals surface area contributed by atoms with Crippen LogP contribution in [0.3, 0.4) is 0 Å². The molecule has 1 aromatic carbocycles. The lowest BCUT2D eigenvalue weighted by molar-refractivity contribution is -0.138. The summed E-state index contributed by atoms with van der Waals surface area (Å²) in [5.41, 5.74) is 6.72. The summed E-state index contributed by atoms with van der Waals surface area (Å²) >= 11 is 3.10. The van der Waals surface area contributed by atoms with Crippen molar-refractivity contribution in [2.45, 2.75) is 37.4 Å². The highest BCUT2D eigenvalue weighted by Gasteiger charge is 2.28. The number of hydrogen-bond donors (Lipinski definition) is 5. The number of aliphatic carboxylic acids is 1. The van der Waals surface area contributed by atoms with Crippen LogP contribution in [0, 0.1) is 0 Å². The largest absolute Gasteiger partial charge is 0.480 e. The minimum atomic E-state index is -1.19. The molecule has 0 aliphatic carbocycles. The van der Waals surface area contributed by atoms with Crippen molar-refractivity contribution in [2.75, 3.05) is 30.6 Å². The first-order valence-corrected chi connectivity index (χ1v) is 12.9. The number of carboxylic acids is 1. The molecule has 0 radical (unpaired) electrons. The van der Waals surface area contributed by atoms with E-state index in [0.29, 0.717) is 18.6 Å². The Hall–Kier alpha value is -2.24. The van der Waals surface area contributed by atoms with Crippen LogP contribution in [-0.2, 0) is 25.6 Å². The smallest absolute Gasteiger partial charge is 0.322 e. The van der Waals surface area contributed by atoms with Crippen LogP contribution in [0.4, 0.5) is 0 Å². The Balaban J connectivity index is 2.92. The standard InChI is InChI=1S/C21H32N4O5S2/c1-31-10-8-15(22)19(28)24-16(9-11-32-2)21(30)25-17(20(29)23-13-18(26)27)12-14-6-4-3-5-7-14/h3-7,15-17H,8-13,22H2,1-2H3,(H,23,29)(H,24,28)(H,25,30)(H,26,27). The predicted molar refractivity (Wildman–Crippen MR) is 129 cm³/mol. The number of nitrogens with one attached hydrogen (secondary N) is 3. The first-order valence-electron chi connectivity index (χ1n) is 10.2. The van der Waals surface area contributed by atoms with Crippen LogP contribution in [0.25, 0.3) is 0 Å². The van der Waals surface area contributed by atoms with E-state index in [1.165, 1.54) is 11.8 Å². The van der Waals surface area contributed by atoms with E-state index in [4.69, 9.17) is 10.8 Å². The summed E-state index contributed by atoms with van der Waals surface area (Å²) in [5, 5.41) is 16.5. The molecule has 0 aliphatic heterocycles. The quantitative estimate of drug-likeness (QED) is 0.237. The van der Waals surface area contributed by atoms with Gasteiger partial charge in [0, 0.05) is 6.42 Å². The molecule has 0 heterocycles. The molecule has 0 aliphatic rings. The molecular formula is C21H32N4O5S2. The number of carboxylic acid groups (broad SMARTS) is 1. The molecule has 0 spiro atoms. The molecule has 178 valence electrons. The van der Waals surface area contributed by atoms with Crippen LogP contribution in [0.5, 0.6) is 0 Å². The van der Waals surface area contributed by atoms with Gasteiger partial charge in [-0.1, -0.05) is 30.3 Å². The van der Waals surface area contributed by atoms with Crippen molar-refractivity contribution in [3.8, 4) is 0 Å². The normalized spacial score (nSPS) is 13.5. The third-order valence-corrected chi connectivity index (χ3v) is 5.83.